The van der Waals surface area contributed by atoms with Crippen LogP contribution in [0.4, 0.5) is 15.0 Å². The van der Waals surface area contributed by atoms with E-state index in [1.54, 1.807) is 27.7 Å². The fraction of sp³-hybridized carbons (Fsp3) is 0.538. The molecule has 1 N–H and O–H groups in total. The van der Waals surface area contributed by atoms with Gasteiger partial charge in [0.1, 0.15) is 5.60 Å². The van der Waals surface area contributed by atoms with Crippen LogP contribution >= 0.6 is 0 Å². The maximum atomic E-state index is 13.3. The third kappa shape index (κ3) is 6.18. The number of nitrogens with zero attached hydrogens (tertiary/aromatic N) is 1. The van der Waals surface area contributed by atoms with E-state index in [0.29, 0.717) is 5.56 Å². The van der Waals surface area contributed by atoms with Crippen molar-refractivity contribution in [2.45, 2.75) is 47.1 Å². The second-order valence-corrected chi connectivity index (χ2v) is 4.47. The molecule has 1 rings (SSSR count). The summed E-state index contributed by atoms with van der Waals surface area (Å²) in [5, 5.41) is 2.25. The van der Waals surface area contributed by atoms with Crippen LogP contribution in [-0.2, 0) is 4.74 Å². The Kier molecular flexibility index (Phi) is 6.30. The number of aryl methyl sites for hydroxylation is 1. The Morgan fingerprint density at radius 3 is 2.39 bits per heavy atom. The Balaban J connectivity index is 0.00000137. The Morgan fingerprint density at radius 2 is 1.94 bits per heavy atom. The standard InChI is InChI=1S/C11H15FN2O2.C2H6/c1-7-5-8(12)9(13-6-7)14-10(15)16-11(2,3)4;1-2/h5-6H,1-4H3,(H,13,14,15);1-2H3. The van der Waals surface area contributed by atoms with E-state index in [4.69, 9.17) is 4.74 Å². The highest BCUT2D eigenvalue weighted by molar-refractivity contribution is 5.83. The maximum Gasteiger partial charge on any atom is 0.413 e. The molecule has 0 aromatic carbocycles. The number of rotatable bonds is 1. The molecule has 0 saturated carbocycles. The smallest absolute Gasteiger partial charge is 0.413 e. The lowest BCUT2D eigenvalue weighted by molar-refractivity contribution is 0.0634. The zero-order chi connectivity index (χ0) is 14.3. The van der Waals surface area contributed by atoms with Crippen molar-refractivity contribution in [1.82, 2.24) is 4.98 Å². The van der Waals surface area contributed by atoms with Crippen molar-refractivity contribution >= 4 is 11.9 Å². The molecule has 4 nitrogen and oxygen atoms in total. The van der Waals surface area contributed by atoms with Crippen LogP contribution in [0.2, 0.25) is 0 Å². The van der Waals surface area contributed by atoms with Gasteiger partial charge in [0, 0.05) is 6.20 Å². The number of pyridine rings is 1. The highest BCUT2D eigenvalue weighted by Crippen LogP contribution is 2.13. The minimum Gasteiger partial charge on any atom is -0.444 e. The van der Waals surface area contributed by atoms with Crippen molar-refractivity contribution < 1.29 is 13.9 Å². The molecule has 1 heterocycles. The van der Waals surface area contributed by atoms with Crippen LogP contribution in [0.1, 0.15) is 40.2 Å². The summed E-state index contributed by atoms with van der Waals surface area (Å²) in [6.45, 7) is 10.9. The number of hydrogen-bond acceptors (Lipinski definition) is 3. The number of amides is 1. The van der Waals surface area contributed by atoms with Crippen molar-refractivity contribution in [2.24, 2.45) is 0 Å². The average Bonchev–Trinajstić information content (AvgIpc) is 2.22. The van der Waals surface area contributed by atoms with Gasteiger partial charge in [0.25, 0.3) is 0 Å². The molecule has 0 aliphatic rings. The first kappa shape index (κ1) is 16.4. The van der Waals surface area contributed by atoms with E-state index in [2.05, 4.69) is 10.3 Å². The van der Waals surface area contributed by atoms with E-state index in [9.17, 15) is 9.18 Å². The molecule has 0 atom stereocenters. The van der Waals surface area contributed by atoms with Gasteiger partial charge in [-0.15, -0.1) is 0 Å². The van der Waals surface area contributed by atoms with Crippen molar-refractivity contribution in [2.75, 3.05) is 5.32 Å². The molecule has 0 bridgehead atoms. The highest BCUT2D eigenvalue weighted by Gasteiger charge is 2.17. The largest absolute Gasteiger partial charge is 0.444 e. The van der Waals surface area contributed by atoms with Gasteiger partial charge in [-0.25, -0.2) is 14.2 Å². The molecule has 0 aliphatic carbocycles. The second-order valence-electron chi connectivity index (χ2n) is 4.47. The molecular weight excluding hydrogens is 235 g/mol. The van der Waals surface area contributed by atoms with Crippen LogP contribution in [0.3, 0.4) is 0 Å². The predicted octanol–water partition coefficient (Wildman–Crippen LogP) is 3.90. The predicted molar refractivity (Wildman–Crippen MR) is 70.1 cm³/mol. The third-order valence-corrected chi connectivity index (χ3v) is 1.60. The molecule has 1 amide bonds. The van der Waals surface area contributed by atoms with E-state index >= 15 is 0 Å². The van der Waals surface area contributed by atoms with Crippen LogP contribution in [0.15, 0.2) is 12.3 Å². The zero-order valence-electron chi connectivity index (χ0n) is 11.8. The number of halogens is 1. The molecule has 0 radical (unpaired) electrons. The SMILES string of the molecule is CC.Cc1cnc(NC(=O)OC(C)(C)C)c(F)c1. The van der Waals surface area contributed by atoms with Gasteiger partial charge in [-0.05, 0) is 39.3 Å². The van der Waals surface area contributed by atoms with Gasteiger partial charge < -0.3 is 4.74 Å². The lowest BCUT2D eigenvalue weighted by Crippen LogP contribution is -2.27. The minimum atomic E-state index is -0.720. The number of carbonyl (C=O) groups excluding carboxylic acids is 1. The number of ether oxygens (including phenoxy) is 1. The van der Waals surface area contributed by atoms with Gasteiger partial charge in [0.05, 0.1) is 0 Å². The Labute approximate surface area is 108 Å². The first-order valence-corrected chi connectivity index (χ1v) is 5.90. The summed E-state index contributed by atoms with van der Waals surface area (Å²) in [7, 11) is 0. The third-order valence-electron chi connectivity index (χ3n) is 1.60. The number of carbonyl (C=O) groups is 1. The first-order valence-electron chi connectivity index (χ1n) is 5.90. The Hall–Kier alpha value is -1.65. The lowest BCUT2D eigenvalue weighted by atomic mass is 10.2. The lowest BCUT2D eigenvalue weighted by Gasteiger charge is -2.19. The number of aromatic nitrogens is 1. The molecular formula is C13H21FN2O2. The van der Waals surface area contributed by atoms with Crippen molar-refractivity contribution in [3.63, 3.8) is 0 Å². The second kappa shape index (κ2) is 6.93. The highest BCUT2D eigenvalue weighted by atomic mass is 19.1. The van der Waals surface area contributed by atoms with Gasteiger partial charge >= 0.3 is 6.09 Å². The van der Waals surface area contributed by atoms with E-state index < -0.39 is 17.5 Å². The minimum absolute atomic E-state index is 0.125. The van der Waals surface area contributed by atoms with Gasteiger partial charge in [-0.3, -0.25) is 5.32 Å². The molecule has 1 aromatic heterocycles. The van der Waals surface area contributed by atoms with Crippen LogP contribution < -0.4 is 5.32 Å². The topological polar surface area (TPSA) is 51.2 Å². The van der Waals surface area contributed by atoms with Gasteiger partial charge in [-0.1, -0.05) is 13.8 Å². The summed E-state index contributed by atoms with van der Waals surface area (Å²) in [4.78, 5) is 15.1. The summed E-state index contributed by atoms with van der Waals surface area (Å²) in [6, 6.07) is 1.29. The van der Waals surface area contributed by atoms with Gasteiger partial charge in [0.2, 0.25) is 0 Å². The Morgan fingerprint density at radius 1 is 1.39 bits per heavy atom. The fourth-order valence-electron chi connectivity index (χ4n) is 1.03. The van der Waals surface area contributed by atoms with Gasteiger partial charge in [-0.2, -0.15) is 0 Å². The van der Waals surface area contributed by atoms with E-state index in [0.717, 1.165) is 0 Å². The molecule has 0 saturated heterocycles. The first-order chi connectivity index (χ1) is 8.28. The van der Waals surface area contributed by atoms with E-state index in [-0.39, 0.29) is 5.82 Å². The average molecular weight is 256 g/mol. The van der Waals surface area contributed by atoms with Crippen LogP contribution in [0.25, 0.3) is 0 Å². The molecule has 0 spiro atoms. The van der Waals surface area contributed by atoms with Crippen molar-refractivity contribution in [1.29, 1.82) is 0 Å². The molecule has 0 fully saturated rings. The van der Waals surface area contributed by atoms with Crippen molar-refractivity contribution in [3.8, 4) is 0 Å². The number of nitrogens with one attached hydrogen (secondary N) is 1. The van der Waals surface area contributed by atoms with E-state index in [1.807, 2.05) is 13.8 Å². The van der Waals surface area contributed by atoms with E-state index in [1.165, 1.54) is 12.3 Å². The number of anilines is 1. The molecule has 102 valence electrons. The monoisotopic (exact) mass is 256 g/mol. The summed E-state index contributed by atoms with van der Waals surface area (Å²) in [5.41, 5.74) is 0.0675. The maximum absolute atomic E-state index is 13.3. The van der Waals surface area contributed by atoms with Crippen molar-refractivity contribution in [3.05, 3.63) is 23.6 Å². The van der Waals surface area contributed by atoms with Crippen LogP contribution in [0, 0.1) is 12.7 Å². The summed E-state index contributed by atoms with van der Waals surface area (Å²) in [6.07, 6.45) is 0.748. The summed E-state index contributed by atoms with van der Waals surface area (Å²) < 4.78 is 18.3. The molecule has 18 heavy (non-hydrogen) atoms. The zero-order valence-corrected chi connectivity index (χ0v) is 11.8. The van der Waals surface area contributed by atoms with Crippen LogP contribution in [0.5, 0.6) is 0 Å². The molecule has 5 heteroatoms. The van der Waals surface area contributed by atoms with Crippen LogP contribution in [-0.4, -0.2) is 16.7 Å². The van der Waals surface area contributed by atoms with Gasteiger partial charge in [0.15, 0.2) is 11.6 Å². The quantitative estimate of drug-likeness (QED) is 0.829. The summed E-state index contributed by atoms with van der Waals surface area (Å²) in [5.74, 6) is -0.703. The fourth-order valence-corrected chi connectivity index (χ4v) is 1.03. The summed E-state index contributed by atoms with van der Waals surface area (Å²) >= 11 is 0. The number of hydrogen-bond donors (Lipinski definition) is 1. The molecule has 0 aliphatic heterocycles. The Bertz CT molecular complexity index is 400. The normalized spacial score (nSPS) is 10.2. The molecule has 0 unspecified atom stereocenters. The molecule has 1 aromatic rings.